The molecule has 2 fully saturated rings. The zero-order valence-corrected chi connectivity index (χ0v) is 22.6. The van der Waals surface area contributed by atoms with Crippen molar-refractivity contribution in [3.05, 3.63) is 18.3 Å². The van der Waals surface area contributed by atoms with Crippen molar-refractivity contribution in [1.29, 1.82) is 0 Å². The molecule has 196 valence electrons. The summed E-state index contributed by atoms with van der Waals surface area (Å²) in [5.41, 5.74) is 0.982. The van der Waals surface area contributed by atoms with Crippen LogP contribution in [0, 0.1) is 0 Å². The van der Waals surface area contributed by atoms with Gasteiger partial charge in [0.25, 0.3) is 0 Å². The highest BCUT2D eigenvalue weighted by molar-refractivity contribution is 5.91. The standard InChI is InChI=1S/C26H40N8O2/c1-15(35)29-18-12-16(33-26(5,6)7)8-9-20(18)34-11-10-17(23(34)36)30-22-21-19(13-27-14-28-21)31-24(32-22)25(2,3)4/h13-14,16-18,20,33H,8-12H2,1-7H3,(H,29,35)(H,30,31,32)/t16-,17+,18-,20+/m1/s1. The van der Waals surface area contributed by atoms with E-state index < -0.39 is 6.04 Å². The van der Waals surface area contributed by atoms with Crippen LogP contribution in [0.25, 0.3) is 11.0 Å². The van der Waals surface area contributed by atoms with E-state index in [9.17, 15) is 9.59 Å². The van der Waals surface area contributed by atoms with Crippen molar-refractivity contribution in [3.8, 4) is 0 Å². The first-order chi connectivity index (χ1) is 16.8. The molecule has 0 aromatic carbocycles. The maximum atomic E-state index is 13.6. The SMILES string of the molecule is CC(=O)N[C@@H]1C[C@H](NC(C)(C)C)CC[C@@H]1N1CC[C@H](Nc2nc(C(C)(C)C)nc3cncnc23)C1=O. The van der Waals surface area contributed by atoms with E-state index in [0.29, 0.717) is 41.7 Å². The number of aromatic nitrogens is 4. The van der Waals surface area contributed by atoms with Gasteiger partial charge in [0.1, 0.15) is 29.2 Å². The first kappa shape index (κ1) is 26.2. The Hall–Kier alpha value is -2.88. The Morgan fingerprint density at radius 2 is 1.83 bits per heavy atom. The van der Waals surface area contributed by atoms with E-state index in [-0.39, 0.29) is 34.9 Å². The summed E-state index contributed by atoms with van der Waals surface area (Å²) in [6.45, 7) is 14.8. The molecule has 36 heavy (non-hydrogen) atoms. The van der Waals surface area contributed by atoms with Crippen molar-refractivity contribution in [2.75, 3.05) is 11.9 Å². The van der Waals surface area contributed by atoms with Gasteiger partial charge in [-0.05, 0) is 46.5 Å². The molecule has 0 radical (unpaired) electrons. The van der Waals surface area contributed by atoms with Gasteiger partial charge >= 0.3 is 0 Å². The van der Waals surface area contributed by atoms with Gasteiger partial charge in [-0.1, -0.05) is 20.8 Å². The van der Waals surface area contributed by atoms with Crippen LogP contribution < -0.4 is 16.0 Å². The zero-order chi connectivity index (χ0) is 26.3. The Bertz CT molecular complexity index is 1120. The van der Waals surface area contributed by atoms with Crippen molar-refractivity contribution in [1.82, 2.24) is 35.5 Å². The molecule has 2 aromatic heterocycles. The van der Waals surface area contributed by atoms with Crippen molar-refractivity contribution in [2.45, 2.75) is 109 Å². The fraction of sp³-hybridized carbons (Fsp3) is 0.692. The highest BCUT2D eigenvalue weighted by Gasteiger charge is 2.42. The maximum absolute atomic E-state index is 13.6. The number of hydrogen-bond donors (Lipinski definition) is 3. The van der Waals surface area contributed by atoms with Crippen molar-refractivity contribution in [3.63, 3.8) is 0 Å². The van der Waals surface area contributed by atoms with Gasteiger partial charge in [0.15, 0.2) is 5.82 Å². The normalized spacial score (nSPS) is 25.3. The fourth-order valence-corrected chi connectivity index (χ4v) is 5.34. The molecule has 4 atom stereocenters. The van der Waals surface area contributed by atoms with E-state index >= 15 is 0 Å². The number of carbonyl (C=O) groups is 2. The Morgan fingerprint density at radius 1 is 1.08 bits per heavy atom. The van der Waals surface area contributed by atoms with Crippen LogP contribution in [0.3, 0.4) is 0 Å². The molecule has 0 unspecified atom stereocenters. The number of anilines is 1. The van der Waals surface area contributed by atoms with E-state index in [4.69, 9.17) is 4.98 Å². The monoisotopic (exact) mass is 496 g/mol. The first-order valence-corrected chi connectivity index (χ1v) is 12.9. The molecule has 10 heteroatoms. The fourth-order valence-electron chi connectivity index (χ4n) is 5.34. The molecular weight excluding hydrogens is 456 g/mol. The second-order valence-electron chi connectivity index (χ2n) is 12.2. The van der Waals surface area contributed by atoms with Crippen molar-refractivity contribution < 1.29 is 9.59 Å². The quantitative estimate of drug-likeness (QED) is 0.577. The molecule has 10 nitrogen and oxygen atoms in total. The van der Waals surface area contributed by atoms with E-state index in [0.717, 1.165) is 19.3 Å². The van der Waals surface area contributed by atoms with Crippen LogP contribution in [-0.4, -0.2) is 72.9 Å². The lowest BCUT2D eigenvalue weighted by atomic mass is 9.84. The van der Waals surface area contributed by atoms with Crippen LogP contribution >= 0.6 is 0 Å². The first-order valence-electron chi connectivity index (χ1n) is 12.9. The minimum atomic E-state index is -0.408. The highest BCUT2D eigenvalue weighted by Crippen LogP contribution is 2.31. The summed E-state index contributed by atoms with van der Waals surface area (Å²) < 4.78 is 0. The molecule has 1 aliphatic heterocycles. The van der Waals surface area contributed by atoms with E-state index in [1.54, 1.807) is 13.1 Å². The molecule has 1 aliphatic carbocycles. The minimum absolute atomic E-state index is 0.00741. The van der Waals surface area contributed by atoms with Gasteiger partial charge in [0.05, 0.1) is 18.3 Å². The number of rotatable bonds is 5. The Morgan fingerprint density at radius 3 is 2.50 bits per heavy atom. The third-order valence-corrected chi connectivity index (χ3v) is 6.82. The summed E-state index contributed by atoms with van der Waals surface area (Å²) in [6.07, 6.45) is 6.41. The zero-order valence-electron chi connectivity index (χ0n) is 22.6. The Labute approximate surface area is 213 Å². The van der Waals surface area contributed by atoms with Crippen LogP contribution in [0.2, 0.25) is 0 Å². The average Bonchev–Trinajstić information content (AvgIpc) is 3.11. The molecule has 3 heterocycles. The molecule has 1 saturated carbocycles. The number of carbonyl (C=O) groups excluding carboxylic acids is 2. The average molecular weight is 497 g/mol. The van der Waals surface area contributed by atoms with Gasteiger partial charge < -0.3 is 20.9 Å². The Balaban J connectivity index is 1.53. The van der Waals surface area contributed by atoms with Gasteiger partial charge in [-0.15, -0.1) is 0 Å². The molecular formula is C26H40N8O2. The summed E-state index contributed by atoms with van der Waals surface area (Å²) in [4.78, 5) is 45.5. The van der Waals surface area contributed by atoms with E-state index in [1.807, 2.05) is 4.90 Å². The van der Waals surface area contributed by atoms with Crippen LogP contribution in [0.15, 0.2) is 12.5 Å². The van der Waals surface area contributed by atoms with Gasteiger partial charge in [-0.3, -0.25) is 9.59 Å². The predicted octanol–water partition coefficient (Wildman–Crippen LogP) is 2.54. The predicted molar refractivity (Wildman–Crippen MR) is 139 cm³/mol. The second kappa shape index (κ2) is 9.88. The van der Waals surface area contributed by atoms with E-state index in [1.165, 1.54) is 6.33 Å². The van der Waals surface area contributed by atoms with Crippen LogP contribution in [0.1, 0.15) is 80.0 Å². The summed E-state index contributed by atoms with van der Waals surface area (Å²) in [6, 6.07) is -0.221. The van der Waals surface area contributed by atoms with E-state index in [2.05, 4.69) is 72.4 Å². The lowest BCUT2D eigenvalue weighted by molar-refractivity contribution is -0.132. The summed E-state index contributed by atoms with van der Waals surface area (Å²) in [5.74, 6) is 1.20. The number of hydrogen-bond acceptors (Lipinski definition) is 8. The smallest absolute Gasteiger partial charge is 0.245 e. The van der Waals surface area contributed by atoms with Gasteiger partial charge in [0.2, 0.25) is 11.8 Å². The minimum Gasteiger partial charge on any atom is -0.356 e. The number of likely N-dealkylation sites (tertiary alicyclic amines) is 1. The van der Waals surface area contributed by atoms with Crippen molar-refractivity contribution in [2.24, 2.45) is 0 Å². The molecule has 1 saturated heterocycles. The van der Waals surface area contributed by atoms with Crippen LogP contribution in [0.5, 0.6) is 0 Å². The summed E-state index contributed by atoms with van der Waals surface area (Å²) in [7, 11) is 0. The molecule has 2 aromatic rings. The lowest BCUT2D eigenvalue weighted by Crippen LogP contribution is -2.59. The summed E-state index contributed by atoms with van der Waals surface area (Å²) in [5, 5.41) is 10.2. The molecule has 3 N–H and O–H groups in total. The highest BCUT2D eigenvalue weighted by atomic mass is 16.2. The maximum Gasteiger partial charge on any atom is 0.245 e. The largest absolute Gasteiger partial charge is 0.356 e. The molecule has 2 aliphatic rings. The molecule has 2 amide bonds. The second-order valence-corrected chi connectivity index (χ2v) is 12.2. The number of nitrogens with one attached hydrogen (secondary N) is 3. The Kier molecular flexibility index (Phi) is 7.19. The number of amides is 2. The lowest BCUT2D eigenvalue weighted by Gasteiger charge is -2.43. The molecule has 0 spiro atoms. The van der Waals surface area contributed by atoms with Crippen LogP contribution in [-0.2, 0) is 15.0 Å². The van der Waals surface area contributed by atoms with Gasteiger partial charge in [0, 0.05) is 30.5 Å². The van der Waals surface area contributed by atoms with Crippen molar-refractivity contribution >= 4 is 28.7 Å². The molecule has 4 rings (SSSR count). The van der Waals surface area contributed by atoms with Crippen LogP contribution in [0.4, 0.5) is 5.82 Å². The number of fused-ring (bicyclic) bond motifs is 1. The van der Waals surface area contributed by atoms with Gasteiger partial charge in [-0.25, -0.2) is 19.9 Å². The number of nitrogens with zero attached hydrogens (tertiary/aromatic N) is 5. The molecule has 0 bridgehead atoms. The van der Waals surface area contributed by atoms with Gasteiger partial charge in [-0.2, -0.15) is 0 Å². The topological polar surface area (TPSA) is 125 Å². The summed E-state index contributed by atoms with van der Waals surface area (Å²) >= 11 is 0. The third kappa shape index (κ3) is 5.91. The third-order valence-electron chi connectivity index (χ3n) is 6.82.